The maximum atomic E-state index is 3.47. The highest BCUT2D eigenvalue weighted by atomic mass is 28.3. The van der Waals surface area contributed by atoms with Crippen LogP contribution in [0.2, 0.25) is 19.6 Å². The van der Waals surface area contributed by atoms with Crippen LogP contribution in [0.25, 0.3) is 55.6 Å². The molecule has 0 aliphatic heterocycles. The zero-order valence-corrected chi connectivity index (χ0v) is 39.7. The van der Waals surface area contributed by atoms with Crippen molar-refractivity contribution in [1.82, 2.24) is 0 Å². The van der Waals surface area contributed by atoms with Crippen LogP contribution in [0.3, 0.4) is 0 Å². The van der Waals surface area contributed by atoms with E-state index < -0.39 is 8.07 Å². The van der Waals surface area contributed by atoms with Gasteiger partial charge in [-0.25, -0.2) is 0 Å². The van der Waals surface area contributed by atoms with Crippen molar-refractivity contribution in [2.45, 2.75) is 19.6 Å². The Bertz CT molecular complexity index is 3190. The van der Waals surface area contributed by atoms with Crippen molar-refractivity contribution < 1.29 is 0 Å². The van der Waals surface area contributed by atoms with Gasteiger partial charge in [0.2, 0.25) is 0 Å². The molecule has 326 valence electrons. The van der Waals surface area contributed by atoms with Crippen LogP contribution in [0.1, 0.15) is 5.56 Å². The van der Waals surface area contributed by atoms with Gasteiger partial charge in [-0.15, -0.1) is 5.54 Å². The topological polar surface area (TPSA) is 6.48 Å². The van der Waals surface area contributed by atoms with E-state index in [4.69, 9.17) is 0 Å². The van der Waals surface area contributed by atoms with Gasteiger partial charge in [0, 0.05) is 39.7 Å². The molecular formula is C65H52N2Si. The Labute approximate surface area is 403 Å². The molecule has 3 heteroatoms. The Morgan fingerprint density at radius 2 is 0.441 bits per heavy atom. The van der Waals surface area contributed by atoms with E-state index in [-0.39, 0.29) is 0 Å². The fraction of sp³-hybridized carbons (Fsp3) is 0.0462. The summed E-state index contributed by atoms with van der Waals surface area (Å²) in [5.74, 6) is 3.37. The van der Waals surface area contributed by atoms with Crippen LogP contribution >= 0.6 is 0 Å². The SMILES string of the molecule is C[Si](C)(C)C#Cc1ccc(-c2ccc(-c3ccc(N(c4ccccc4)c4ccc(-c5ccc(N(c6ccc(-c7ccccc7)cc6)c6ccc(-c7ccccc7)cc6)cc5)cc4)cc3)cc2)cc1. The number of para-hydroxylation sites is 1. The van der Waals surface area contributed by atoms with E-state index in [1.165, 1.54) is 44.5 Å². The van der Waals surface area contributed by atoms with Crippen LogP contribution < -0.4 is 9.80 Å². The van der Waals surface area contributed by atoms with Crippen molar-refractivity contribution in [1.29, 1.82) is 0 Å². The molecule has 2 nitrogen and oxygen atoms in total. The van der Waals surface area contributed by atoms with Crippen LogP contribution in [-0.4, -0.2) is 8.07 Å². The van der Waals surface area contributed by atoms with Gasteiger partial charge in [0.25, 0.3) is 0 Å². The van der Waals surface area contributed by atoms with Crippen molar-refractivity contribution in [2.75, 3.05) is 9.80 Å². The van der Waals surface area contributed by atoms with Gasteiger partial charge in [-0.1, -0.05) is 201 Å². The van der Waals surface area contributed by atoms with E-state index >= 15 is 0 Å². The highest BCUT2D eigenvalue weighted by Crippen LogP contribution is 2.40. The zero-order chi connectivity index (χ0) is 46.3. The zero-order valence-electron chi connectivity index (χ0n) is 38.7. The molecule has 10 aromatic rings. The first kappa shape index (κ1) is 43.5. The third kappa shape index (κ3) is 10.0. The van der Waals surface area contributed by atoms with Crippen LogP contribution in [0.15, 0.2) is 261 Å². The number of nitrogens with zero attached hydrogens (tertiary/aromatic N) is 2. The Morgan fingerprint density at radius 1 is 0.235 bits per heavy atom. The Kier molecular flexibility index (Phi) is 12.5. The molecule has 0 amide bonds. The van der Waals surface area contributed by atoms with E-state index in [0.29, 0.717) is 0 Å². The molecule has 0 aliphatic carbocycles. The average Bonchev–Trinajstić information content (AvgIpc) is 3.40. The molecule has 10 rings (SSSR count). The average molecular weight is 889 g/mol. The van der Waals surface area contributed by atoms with Crippen LogP contribution in [0, 0.1) is 11.5 Å². The summed E-state index contributed by atoms with van der Waals surface area (Å²) in [4.78, 5) is 4.65. The highest BCUT2D eigenvalue weighted by molar-refractivity contribution is 6.83. The maximum Gasteiger partial charge on any atom is 0.129 e. The van der Waals surface area contributed by atoms with E-state index in [1.807, 2.05) is 0 Å². The predicted octanol–water partition coefficient (Wildman–Crippen LogP) is 18.2. The van der Waals surface area contributed by atoms with Gasteiger partial charge < -0.3 is 9.80 Å². The third-order valence-electron chi connectivity index (χ3n) is 12.2. The molecule has 0 saturated heterocycles. The van der Waals surface area contributed by atoms with Crippen molar-refractivity contribution in [3.8, 4) is 67.1 Å². The molecule has 0 atom stereocenters. The summed E-state index contributed by atoms with van der Waals surface area (Å²) in [6.45, 7) is 6.82. The summed E-state index contributed by atoms with van der Waals surface area (Å²) in [7, 11) is -1.41. The molecule has 0 aromatic heterocycles. The first-order valence-corrected chi connectivity index (χ1v) is 26.8. The Balaban J connectivity index is 0.890. The maximum absolute atomic E-state index is 3.47. The van der Waals surface area contributed by atoms with Gasteiger partial charge in [-0.2, -0.15) is 0 Å². The number of rotatable bonds is 11. The molecule has 0 aliphatic rings. The first-order chi connectivity index (χ1) is 33.3. The van der Waals surface area contributed by atoms with Crippen LogP contribution in [0.5, 0.6) is 0 Å². The quantitative estimate of drug-likeness (QED) is 0.0943. The summed E-state index contributed by atoms with van der Waals surface area (Å²) < 4.78 is 0. The summed E-state index contributed by atoms with van der Waals surface area (Å²) in [6, 6.07) is 93.6. The second kappa shape index (κ2) is 19.6. The minimum absolute atomic E-state index is 1.07. The number of anilines is 6. The van der Waals surface area contributed by atoms with Gasteiger partial charge in [0.1, 0.15) is 8.07 Å². The standard InChI is InChI=1S/C65H52N2Si/c1-68(2,3)48-47-49-19-21-52(22-20-49)53-23-25-54(26-24-53)57-31-41-61(42-32-57)66(60-17-11-6-12-18-60)62-43-33-58(34-44-62)59-35-45-65(46-36-59)67(63-37-27-55(28-38-63)50-13-7-4-8-14-50)64-39-29-56(30-40-64)51-15-9-5-10-16-51/h4-46H,1-3H3. The first-order valence-electron chi connectivity index (χ1n) is 23.3. The van der Waals surface area contributed by atoms with Crippen molar-refractivity contribution in [3.05, 3.63) is 266 Å². The molecule has 0 spiro atoms. The second-order valence-electron chi connectivity index (χ2n) is 18.1. The molecule has 0 saturated carbocycles. The lowest BCUT2D eigenvalue weighted by Crippen LogP contribution is -2.16. The summed E-state index contributed by atoms with van der Waals surface area (Å²) in [5, 5.41) is 0. The molecule has 0 N–H and O–H groups in total. The number of hydrogen-bond acceptors (Lipinski definition) is 2. The van der Waals surface area contributed by atoms with Crippen molar-refractivity contribution in [3.63, 3.8) is 0 Å². The van der Waals surface area contributed by atoms with Crippen LogP contribution in [0.4, 0.5) is 34.1 Å². The molecular weight excluding hydrogens is 837 g/mol. The molecule has 0 radical (unpaired) electrons. The van der Waals surface area contributed by atoms with E-state index in [2.05, 4.69) is 302 Å². The predicted molar refractivity (Wildman–Crippen MR) is 293 cm³/mol. The molecule has 0 bridgehead atoms. The highest BCUT2D eigenvalue weighted by Gasteiger charge is 2.16. The molecule has 0 heterocycles. The van der Waals surface area contributed by atoms with Gasteiger partial charge in [-0.3, -0.25) is 0 Å². The third-order valence-corrected chi connectivity index (χ3v) is 13.1. The van der Waals surface area contributed by atoms with E-state index in [1.54, 1.807) is 0 Å². The summed E-state index contributed by atoms with van der Waals surface area (Å²) in [6.07, 6.45) is 0. The number of benzene rings is 10. The van der Waals surface area contributed by atoms with Crippen molar-refractivity contribution in [2.24, 2.45) is 0 Å². The lowest BCUT2D eigenvalue weighted by atomic mass is 9.99. The second-order valence-corrected chi connectivity index (χ2v) is 22.9. The molecule has 0 unspecified atom stereocenters. The van der Waals surface area contributed by atoms with Gasteiger partial charge in [0.15, 0.2) is 0 Å². The van der Waals surface area contributed by atoms with Crippen LogP contribution in [-0.2, 0) is 0 Å². The molecule has 68 heavy (non-hydrogen) atoms. The monoisotopic (exact) mass is 888 g/mol. The summed E-state index contributed by atoms with van der Waals surface area (Å²) in [5.41, 5.74) is 23.0. The largest absolute Gasteiger partial charge is 0.311 e. The van der Waals surface area contributed by atoms with E-state index in [9.17, 15) is 0 Å². The molecule has 10 aromatic carbocycles. The Hall–Kier alpha value is -8.42. The number of hydrogen-bond donors (Lipinski definition) is 0. The van der Waals surface area contributed by atoms with E-state index in [0.717, 1.165) is 50.8 Å². The lowest BCUT2D eigenvalue weighted by molar-refractivity contribution is 1.28. The smallest absolute Gasteiger partial charge is 0.129 e. The summed E-state index contributed by atoms with van der Waals surface area (Å²) >= 11 is 0. The lowest BCUT2D eigenvalue weighted by Gasteiger charge is -2.26. The molecule has 0 fully saturated rings. The van der Waals surface area contributed by atoms with Crippen molar-refractivity contribution >= 4 is 42.2 Å². The minimum Gasteiger partial charge on any atom is -0.311 e. The normalized spacial score (nSPS) is 11.0. The Morgan fingerprint density at radius 3 is 0.706 bits per heavy atom. The fourth-order valence-corrected chi connectivity index (χ4v) is 9.13. The van der Waals surface area contributed by atoms with Gasteiger partial charge in [0.05, 0.1) is 0 Å². The minimum atomic E-state index is -1.41. The fourth-order valence-electron chi connectivity index (χ4n) is 8.61. The van der Waals surface area contributed by atoms with Gasteiger partial charge in [-0.05, 0) is 141 Å². The van der Waals surface area contributed by atoms with Gasteiger partial charge >= 0.3 is 0 Å².